The van der Waals surface area contributed by atoms with Gasteiger partial charge >= 0.3 is 5.97 Å². The summed E-state index contributed by atoms with van der Waals surface area (Å²) in [5, 5.41) is 12.4. The van der Waals surface area contributed by atoms with Crippen LogP contribution in [0.25, 0.3) is 0 Å². The molecule has 1 aromatic carbocycles. The van der Waals surface area contributed by atoms with Crippen LogP contribution in [0, 0.1) is 11.8 Å². The number of benzene rings is 1. The smallest absolute Gasteiger partial charge is 0.303 e. The van der Waals surface area contributed by atoms with Crippen LogP contribution in [0.2, 0.25) is 5.02 Å². The Labute approximate surface area is 236 Å². The van der Waals surface area contributed by atoms with Crippen molar-refractivity contribution >= 4 is 29.4 Å². The zero-order valence-corrected chi connectivity index (χ0v) is 23.3. The van der Waals surface area contributed by atoms with E-state index in [2.05, 4.69) is 10.3 Å². The van der Waals surface area contributed by atoms with Gasteiger partial charge in [0, 0.05) is 29.5 Å². The van der Waals surface area contributed by atoms with Gasteiger partial charge in [-0.2, -0.15) is 0 Å². The molecule has 9 heteroatoms. The molecule has 0 spiro atoms. The van der Waals surface area contributed by atoms with Crippen LogP contribution in [0.1, 0.15) is 82.5 Å². The predicted molar refractivity (Wildman–Crippen MR) is 150 cm³/mol. The molecule has 1 aromatic rings. The molecule has 2 aliphatic heterocycles. The Morgan fingerprint density at radius 3 is 2.72 bits per heavy atom. The number of carboxylic acid groups (broad SMARTS) is 1. The number of aliphatic carboxylic acids is 1. The summed E-state index contributed by atoms with van der Waals surface area (Å²) in [6.45, 7) is 1.21. The van der Waals surface area contributed by atoms with E-state index in [9.17, 15) is 9.59 Å². The van der Waals surface area contributed by atoms with Gasteiger partial charge in [0.15, 0.2) is 12.3 Å². The van der Waals surface area contributed by atoms with Gasteiger partial charge in [0.2, 0.25) is 11.8 Å². The van der Waals surface area contributed by atoms with Crippen LogP contribution in [0.3, 0.4) is 0 Å². The van der Waals surface area contributed by atoms with Crippen molar-refractivity contribution in [2.75, 3.05) is 19.8 Å². The van der Waals surface area contributed by atoms with E-state index in [4.69, 9.17) is 30.9 Å². The number of amides is 1. The monoisotopic (exact) mass is 560 g/mol. The Morgan fingerprint density at radius 2 is 1.92 bits per heavy atom. The molecule has 2 heterocycles. The molecule has 1 saturated heterocycles. The average molecular weight is 561 g/mol. The first-order valence-corrected chi connectivity index (χ1v) is 14.8. The number of hydrogen-bond acceptors (Lipinski definition) is 6. The van der Waals surface area contributed by atoms with Crippen molar-refractivity contribution < 1.29 is 28.9 Å². The van der Waals surface area contributed by atoms with Crippen LogP contribution in [0.5, 0.6) is 0 Å². The number of rotatable bonds is 13. The van der Waals surface area contributed by atoms with Crippen LogP contribution in [-0.4, -0.2) is 54.8 Å². The van der Waals surface area contributed by atoms with Gasteiger partial charge in [-0.25, -0.2) is 4.99 Å². The largest absolute Gasteiger partial charge is 0.481 e. The van der Waals surface area contributed by atoms with Crippen LogP contribution >= 0.6 is 11.6 Å². The zero-order valence-electron chi connectivity index (χ0n) is 22.6. The summed E-state index contributed by atoms with van der Waals surface area (Å²) in [6, 6.07) is 6.77. The second-order valence-corrected chi connectivity index (χ2v) is 11.1. The molecule has 3 aliphatic rings. The molecule has 1 saturated carbocycles. The summed E-state index contributed by atoms with van der Waals surface area (Å²) in [6.07, 6.45) is 13.9. The lowest BCUT2D eigenvalue weighted by Crippen LogP contribution is -2.41. The van der Waals surface area contributed by atoms with Crippen molar-refractivity contribution in [2.24, 2.45) is 16.8 Å². The summed E-state index contributed by atoms with van der Waals surface area (Å²) in [5.74, 6) is 0.204. The number of hydrogen-bond donors (Lipinski definition) is 2. The maximum atomic E-state index is 12.8. The summed E-state index contributed by atoms with van der Waals surface area (Å²) >= 11 is 6.39. The first kappa shape index (κ1) is 29.6. The standard InChI is InChI=1S/C30H41ClN2O6/c31-24-16-8-7-15-23(24)30-38-19-22(14-5-2-6-17-26(34)35)27(39-30)29-33-25(20-37-29)28(36)32-18-10-9-13-21-11-3-1-4-12-21/h2,5,7-8,15-16,21-22,25,27,30H,1,3-4,6,9-14,17-20H2,(H,32,36)(H,34,35)/b5-2-/t22-,25?,27?,30+/m0/s1. The Kier molecular flexibility index (Phi) is 11.7. The van der Waals surface area contributed by atoms with Crippen LogP contribution in [0.4, 0.5) is 0 Å². The lowest BCUT2D eigenvalue weighted by atomic mass is 9.86. The third-order valence-corrected chi connectivity index (χ3v) is 8.08. The molecule has 39 heavy (non-hydrogen) atoms. The highest BCUT2D eigenvalue weighted by molar-refractivity contribution is 6.31. The van der Waals surface area contributed by atoms with E-state index < -0.39 is 24.4 Å². The molecule has 1 aliphatic carbocycles. The second-order valence-electron chi connectivity index (χ2n) is 10.7. The predicted octanol–water partition coefficient (Wildman–Crippen LogP) is 5.85. The van der Waals surface area contributed by atoms with Crippen molar-refractivity contribution in [3.05, 3.63) is 47.0 Å². The summed E-state index contributed by atoms with van der Waals surface area (Å²) in [5.41, 5.74) is 0.723. The molecule has 0 radical (unpaired) electrons. The van der Waals surface area contributed by atoms with Gasteiger partial charge in [0.25, 0.3) is 0 Å². The lowest BCUT2D eigenvalue weighted by molar-refractivity contribution is -0.225. The normalized spacial score (nSPS) is 25.8. The molecule has 8 nitrogen and oxygen atoms in total. The van der Waals surface area contributed by atoms with E-state index in [0.29, 0.717) is 36.9 Å². The topological polar surface area (TPSA) is 106 Å². The number of carbonyl (C=O) groups is 2. The number of carboxylic acids is 1. The van der Waals surface area contributed by atoms with Gasteiger partial charge in [0.05, 0.1) is 6.61 Å². The summed E-state index contributed by atoms with van der Waals surface area (Å²) < 4.78 is 18.2. The Hall–Kier alpha value is -2.42. The van der Waals surface area contributed by atoms with Gasteiger partial charge in [-0.3, -0.25) is 9.59 Å². The highest BCUT2D eigenvalue weighted by Gasteiger charge is 2.40. The molecule has 0 bridgehead atoms. The SMILES string of the molecule is O=C(O)CC/C=C\C[C@H]1CO[C@@H](c2ccccc2Cl)OC1C1=NC(C(=O)NCCCCC2CCCCC2)CO1. The fraction of sp³-hybridized carbons (Fsp3) is 0.633. The minimum Gasteiger partial charge on any atom is -0.481 e. The van der Waals surface area contributed by atoms with Gasteiger partial charge in [-0.05, 0) is 31.2 Å². The van der Waals surface area contributed by atoms with Crippen molar-refractivity contribution in [3.8, 4) is 0 Å². The fourth-order valence-electron chi connectivity index (χ4n) is 5.50. The van der Waals surface area contributed by atoms with E-state index in [-0.39, 0.29) is 24.9 Å². The molecule has 2 N–H and O–H groups in total. The van der Waals surface area contributed by atoms with Gasteiger partial charge in [-0.15, -0.1) is 0 Å². The van der Waals surface area contributed by atoms with Crippen LogP contribution in [-0.2, 0) is 23.8 Å². The molecule has 0 aromatic heterocycles. The quantitative estimate of drug-likeness (QED) is 0.232. The van der Waals surface area contributed by atoms with Crippen molar-refractivity contribution in [2.45, 2.75) is 89.1 Å². The number of halogens is 1. The van der Waals surface area contributed by atoms with Gasteiger partial charge in [0.1, 0.15) is 12.7 Å². The Morgan fingerprint density at radius 1 is 1.10 bits per heavy atom. The molecule has 4 rings (SSSR count). The van der Waals surface area contributed by atoms with Crippen molar-refractivity contribution in [1.29, 1.82) is 0 Å². The third kappa shape index (κ3) is 9.05. The molecular formula is C30H41ClN2O6. The third-order valence-electron chi connectivity index (χ3n) is 7.73. The van der Waals surface area contributed by atoms with E-state index >= 15 is 0 Å². The Bertz CT molecular complexity index is 1010. The number of allylic oxidation sites excluding steroid dienone is 2. The first-order chi connectivity index (χ1) is 19.0. The molecule has 4 atom stereocenters. The van der Waals surface area contributed by atoms with E-state index in [0.717, 1.165) is 24.3 Å². The maximum Gasteiger partial charge on any atom is 0.303 e. The average Bonchev–Trinajstić information content (AvgIpc) is 3.44. The number of aliphatic imine (C=N–C) groups is 1. The Balaban J connectivity index is 1.32. The number of nitrogens with zero attached hydrogens (tertiary/aromatic N) is 1. The van der Waals surface area contributed by atoms with Crippen molar-refractivity contribution in [3.63, 3.8) is 0 Å². The van der Waals surface area contributed by atoms with Gasteiger partial charge < -0.3 is 24.6 Å². The maximum absolute atomic E-state index is 12.8. The number of unbranched alkanes of at least 4 members (excludes halogenated alkanes) is 1. The number of ether oxygens (including phenoxy) is 3. The molecule has 2 fully saturated rings. The summed E-state index contributed by atoms with van der Waals surface area (Å²) in [4.78, 5) is 28.2. The molecular weight excluding hydrogens is 520 g/mol. The minimum atomic E-state index is -0.827. The van der Waals surface area contributed by atoms with Crippen LogP contribution in [0.15, 0.2) is 41.4 Å². The first-order valence-electron chi connectivity index (χ1n) is 14.4. The summed E-state index contributed by atoms with van der Waals surface area (Å²) in [7, 11) is 0. The fourth-order valence-corrected chi connectivity index (χ4v) is 5.73. The lowest BCUT2D eigenvalue weighted by Gasteiger charge is -2.36. The van der Waals surface area contributed by atoms with Gasteiger partial charge in [-0.1, -0.05) is 86.9 Å². The number of nitrogens with one attached hydrogen (secondary N) is 1. The van der Waals surface area contributed by atoms with Crippen LogP contribution < -0.4 is 5.32 Å². The van der Waals surface area contributed by atoms with E-state index in [1.54, 1.807) is 6.07 Å². The highest BCUT2D eigenvalue weighted by Crippen LogP contribution is 2.36. The second kappa shape index (κ2) is 15.4. The number of carbonyl (C=O) groups excluding carboxylic acids is 1. The van der Waals surface area contributed by atoms with E-state index in [1.165, 1.54) is 38.5 Å². The van der Waals surface area contributed by atoms with E-state index in [1.807, 2.05) is 30.4 Å². The molecule has 1 amide bonds. The van der Waals surface area contributed by atoms with Crippen molar-refractivity contribution in [1.82, 2.24) is 5.32 Å². The zero-order chi connectivity index (χ0) is 27.5. The molecule has 214 valence electrons. The molecule has 2 unspecified atom stereocenters. The highest BCUT2D eigenvalue weighted by atomic mass is 35.5. The minimum absolute atomic E-state index is 0.0827.